The maximum absolute atomic E-state index is 12.7. The number of aromatic nitrogens is 2. The molecule has 1 fully saturated rings. The first kappa shape index (κ1) is 18.6. The standard InChI is InChI=1S/C19H23ClN4O2/c1-2-8-24-18(25)7-6-17(21-24)19(26)23-11-9-22(10-12-23)14-15-4-3-5-16(20)13-15/h3-7,13H,2,8-12,14H2,1H3. The van der Waals surface area contributed by atoms with E-state index in [4.69, 9.17) is 11.6 Å². The van der Waals surface area contributed by atoms with Gasteiger partial charge < -0.3 is 4.90 Å². The van der Waals surface area contributed by atoms with E-state index in [0.717, 1.165) is 31.1 Å². The minimum atomic E-state index is -0.172. The Balaban J connectivity index is 1.60. The third kappa shape index (κ3) is 4.51. The number of halogens is 1. The molecule has 3 rings (SSSR count). The molecule has 1 aliphatic rings. The van der Waals surface area contributed by atoms with Crippen LogP contribution in [0.25, 0.3) is 0 Å². The highest BCUT2D eigenvalue weighted by atomic mass is 35.5. The van der Waals surface area contributed by atoms with E-state index in [2.05, 4.69) is 16.1 Å². The van der Waals surface area contributed by atoms with Gasteiger partial charge in [0.1, 0.15) is 5.69 Å². The van der Waals surface area contributed by atoms with E-state index in [0.29, 0.717) is 25.3 Å². The fourth-order valence-electron chi connectivity index (χ4n) is 3.10. The summed E-state index contributed by atoms with van der Waals surface area (Å²) in [6, 6.07) is 10.8. The number of hydrogen-bond acceptors (Lipinski definition) is 4. The van der Waals surface area contributed by atoms with Crippen LogP contribution in [-0.2, 0) is 13.1 Å². The molecule has 1 aromatic heterocycles. The van der Waals surface area contributed by atoms with Gasteiger partial charge in [-0.05, 0) is 30.2 Å². The molecule has 1 aromatic carbocycles. The van der Waals surface area contributed by atoms with Crippen LogP contribution in [0.1, 0.15) is 29.4 Å². The van der Waals surface area contributed by atoms with Crippen LogP contribution in [0.2, 0.25) is 5.02 Å². The molecule has 0 atom stereocenters. The normalized spacial score (nSPS) is 15.2. The second kappa shape index (κ2) is 8.47. The number of amides is 1. The summed E-state index contributed by atoms with van der Waals surface area (Å²) in [5, 5.41) is 4.96. The van der Waals surface area contributed by atoms with Crippen molar-refractivity contribution in [1.29, 1.82) is 0 Å². The van der Waals surface area contributed by atoms with Crippen LogP contribution in [0.5, 0.6) is 0 Å². The van der Waals surface area contributed by atoms with Crippen LogP contribution in [-0.4, -0.2) is 51.7 Å². The molecule has 1 aliphatic heterocycles. The minimum absolute atomic E-state index is 0.114. The van der Waals surface area contributed by atoms with Crippen LogP contribution in [0.4, 0.5) is 0 Å². The lowest BCUT2D eigenvalue weighted by atomic mass is 10.2. The Hall–Kier alpha value is -2.18. The van der Waals surface area contributed by atoms with Crippen LogP contribution in [0, 0.1) is 0 Å². The fourth-order valence-corrected chi connectivity index (χ4v) is 3.31. The highest BCUT2D eigenvalue weighted by molar-refractivity contribution is 6.30. The second-order valence-electron chi connectivity index (χ2n) is 6.48. The SMILES string of the molecule is CCCn1nc(C(=O)N2CCN(Cc3cccc(Cl)c3)CC2)ccc1=O. The van der Waals surface area contributed by atoms with Gasteiger partial charge in [-0.3, -0.25) is 14.5 Å². The summed E-state index contributed by atoms with van der Waals surface area (Å²) in [6.45, 7) is 6.21. The quantitative estimate of drug-likeness (QED) is 0.805. The second-order valence-corrected chi connectivity index (χ2v) is 6.91. The fraction of sp³-hybridized carbons (Fsp3) is 0.421. The van der Waals surface area contributed by atoms with Gasteiger partial charge in [0, 0.05) is 50.4 Å². The largest absolute Gasteiger partial charge is 0.335 e. The number of hydrogen-bond donors (Lipinski definition) is 0. The minimum Gasteiger partial charge on any atom is -0.335 e. The van der Waals surface area contributed by atoms with Gasteiger partial charge in [0.05, 0.1) is 0 Å². The monoisotopic (exact) mass is 374 g/mol. The number of benzene rings is 1. The summed E-state index contributed by atoms with van der Waals surface area (Å²) < 4.78 is 1.36. The molecule has 2 heterocycles. The zero-order chi connectivity index (χ0) is 18.5. The van der Waals surface area contributed by atoms with Crippen molar-refractivity contribution in [2.45, 2.75) is 26.4 Å². The van der Waals surface area contributed by atoms with Crippen LogP contribution >= 0.6 is 11.6 Å². The van der Waals surface area contributed by atoms with Gasteiger partial charge in [-0.1, -0.05) is 30.7 Å². The summed E-state index contributed by atoms with van der Waals surface area (Å²) in [5.41, 5.74) is 1.33. The Labute approximate surface area is 158 Å². The Kier molecular flexibility index (Phi) is 6.06. The smallest absolute Gasteiger partial charge is 0.274 e. The number of piperazine rings is 1. The molecule has 0 saturated carbocycles. The maximum atomic E-state index is 12.7. The van der Waals surface area contributed by atoms with Crippen molar-refractivity contribution in [3.63, 3.8) is 0 Å². The molecule has 6 nitrogen and oxygen atoms in total. The topological polar surface area (TPSA) is 58.4 Å². The van der Waals surface area contributed by atoms with Crippen molar-refractivity contribution in [2.24, 2.45) is 0 Å². The zero-order valence-corrected chi connectivity index (χ0v) is 15.7. The van der Waals surface area contributed by atoms with Gasteiger partial charge in [-0.25, -0.2) is 4.68 Å². The van der Waals surface area contributed by atoms with Crippen LogP contribution in [0.3, 0.4) is 0 Å². The molecule has 2 aromatic rings. The molecule has 0 bridgehead atoms. The lowest BCUT2D eigenvalue weighted by Gasteiger charge is -2.34. The molecule has 26 heavy (non-hydrogen) atoms. The van der Waals surface area contributed by atoms with Gasteiger partial charge in [-0.2, -0.15) is 5.10 Å². The Bertz CT molecular complexity index is 828. The average Bonchev–Trinajstić information content (AvgIpc) is 2.64. The molecule has 0 unspecified atom stereocenters. The van der Waals surface area contributed by atoms with Crippen molar-refractivity contribution in [3.05, 3.63) is 63.0 Å². The van der Waals surface area contributed by atoms with Gasteiger partial charge in [0.2, 0.25) is 0 Å². The van der Waals surface area contributed by atoms with Crippen molar-refractivity contribution in [2.75, 3.05) is 26.2 Å². The number of carbonyl (C=O) groups excluding carboxylic acids is 1. The van der Waals surface area contributed by atoms with E-state index >= 15 is 0 Å². The summed E-state index contributed by atoms with van der Waals surface area (Å²) in [5.74, 6) is -0.114. The molecular formula is C19H23ClN4O2. The van der Waals surface area contributed by atoms with E-state index in [-0.39, 0.29) is 11.5 Å². The lowest BCUT2D eigenvalue weighted by molar-refractivity contribution is 0.0620. The molecule has 0 N–H and O–H groups in total. The number of nitrogens with zero attached hydrogens (tertiary/aromatic N) is 4. The summed E-state index contributed by atoms with van der Waals surface area (Å²) in [4.78, 5) is 28.6. The highest BCUT2D eigenvalue weighted by Gasteiger charge is 2.23. The molecule has 1 saturated heterocycles. The van der Waals surface area contributed by atoms with Crippen molar-refractivity contribution >= 4 is 17.5 Å². The van der Waals surface area contributed by atoms with Gasteiger partial charge in [0.15, 0.2) is 0 Å². The van der Waals surface area contributed by atoms with Crippen LogP contribution in [0.15, 0.2) is 41.2 Å². The van der Waals surface area contributed by atoms with Gasteiger partial charge >= 0.3 is 0 Å². The predicted octanol–water partition coefficient (Wildman–Crippen LogP) is 2.26. The van der Waals surface area contributed by atoms with E-state index < -0.39 is 0 Å². The molecule has 0 spiro atoms. The Morgan fingerprint density at radius 3 is 2.62 bits per heavy atom. The van der Waals surface area contributed by atoms with Crippen molar-refractivity contribution < 1.29 is 4.79 Å². The molecular weight excluding hydrogens is 352 g/mol. The Morgan fingerprint density at radius 1 is 1.15 bits per heavy atom. The third-order valence-electron chi connectivity index (χ3n) is 4.48. The first-order valence-corrected chi connectivity index (χ1v) is 9.29. The van der Waals surface area contributed by atoms with Crippen molar-refractivity contribution in [3.8, 4) is 0 Å². The summed E-state index contributed by atoms with van der Waals surface area (Å²) in [7, 11) is 0. The summed E-state index contributed by atoms with van der Waals surface area (Å²) >= 11 is 6.04. The van der Waals surface area contributed by atoms with E-state index in [1.165, 1.54) is 22.4 Å². The first-order valence-electron chi connectivity index (χ1n) is 8.91. The molecule has 0 radical (unpaired) electrons. The lowest BCUT2D eigenvalue weighted by Crippen LogP contribution is -2.48. The third-order valence-corrected chi connectivity index (χ3v) is 4.71. The number of carbonyl (C=O) groups is 1. The average molecular weight is 375 g/mol. The molecule has 1 amide bonds. The van der Waals surface area contributed by atoms with Crippen LogP contribution < -0.4 is 5.56 Å². The molecule has 7 heteroatoms. The summed E-state index contributed by atoms with van der Waals surface area (Å²) in [6.07, 6.45) is 0.798. The zero-order valence-electron chi connectivity index (χ0n) is 14.9. The van der Waals surface area contributed by atoms with E-state index in [1.807, 2.05) is 25.1 Å². The maximum Gasteiger partial charge on any atom is 0.274 e. The first-order chi connectivity index (χ1) is 12.6. The number of rotatable bonds is 5. The molecule has 0 aliphatic carbocycles. The van der Waals surface area contributed by atoms with Crippen molar-refractivity contribution in [1.82, 2.24) is 19.6 Å². The number of aryl methyl sites for hydroxylation is 1. The highest BCUT2D eigenvalue weighted by Crippen LogP contribution is 2.14. The Morgan fingerprint density at radius 2 is 1.92 bits per heavy atom. The molecule has 138 valence electrons. The van der Waals surface area contributed by atoms with E-state index in [1.54, 1.807) is 4.90 Å². The van der Waals surface area contributed by atoms with Gasteiger partial charge in [0.25, 0.3) is 11.5 Å². The van der Waals surface area contributed by atoms with Gasteiger partial charge in [-0.15, -0.1) is 0 Å². The van der Waals surface area contributed by atoms with E-state index in [9.17, 15) is 9.59 Å². The predicted molar refractivity (Wildman–Crippen MR) is 101 cm³/mol.